The number of rotatable bonds is 4. The molecule has 0 aromatic rings. The minimum atomic E-state index is -0.603. The summed E-state index contributed by atoms with van der Waals surface area (Å²) >= 11 is 0. The summed E-state index contributed by atoms with van der Waals surface area (Å²) in [7, 11) is 0. The maximum atomic E-state index is 10.4. The highest BCUT2D eigenvalue weighted by atomic mass is 16.3. The second-order valence-electron chi connectivity index (χ2n) is 8.24. The maximum absolute atomic E-state index is 10.4. The van der Waals surface area contributed by atoms with Gasteiger partial charge in [-0.25, -0.2) is 0 Å². The molecule has 2 heteroatoms. The minimum absolute atomic E-state index is 0.291. The molecule has 0 aromatic heterocycles. The topological polar surface area (TPSA) is 32.3 Å². The van der Waals surface area contributed by atoms with Crippen molar-refractivity contribution >= 4 is 0 Å². The Labute approximate surface area is 113 Å². The lowest BCUT2D eigenvalue weighted by atomic mass is 9.68. The molecule has 106 valence electrons. The van der Waals surface area contributed by atoms with Gasteiger partial charge in [-0.3, -0.25) is 0 Å². The van der Waals surface area contributed by atoms with Gasteiger partial charge in [0.25, 0.3) is 0 Å². The zero-order valence-electron chi connectivity index (χ0n) is 13.0. The lowest BCUT2D eigenvalue weighted by Gasteiger charge is -2.45. The van der Waals surface area contributed by atoms with Crippen LogP contribution in [0.4, 0.5) is 0 Å². The molecule has 2 rings (SSSR count). The van der Waals surface area contributed by atoms with Crippen molar-refractivity contribution in [3.63, 3.8) is 0 Å². The van der Waals surface area contributed by atoms with E-state index in [1.54, 1.807) is 0 Å². The molecule has 2 aliphatic carbocycles. The van der Waals surface area contributed by atoms with E-state index in [1.165, 1.54) is 19.3 Å². The Hall–Kier alpha value is -0.0800. The molecule has 4 unspecified atom stereocenters. The van der Waals surface area contributed by atoms with Crippen LogP contribution in [-0.2, 0) is 0 Å². The number of fused-ring (bicyclic) bond motifs is 2. The van der Waals surface area contributed by atoms with Gasteiger partial charge in [0, 0.05) is 12.6 Å². The summed E-state index contributed by atoms with van der Waals surface area (Å²) in [6.45, 7) is 14.1. The predicted molar refractivity (Wildman–Crippen MR) is 76.5 cm³/mol. The van der Waals surface area contributed by atoms with Crippen LogP contribution in [-0.4, -0.2) is 23.3 Å². The predicted octanol–water partition coefficient (Wildman–Crippen LogP) is 3.20. The smallest absolute Gasteiger partial charge is 0.0766 e. The van der Waals surface area contributed by atoms with Crippen LogP contribution in [0, 0.1) is 22.7 Å². The van der Waals surface area contributed by atoms with Crippen LogP contribution in [0.2, 0.25) is 0 Å². The Bertz CT molecular complexity index is 316. The Morgan fingerprint density at radius 1 is 1.33 bits per heavy atom. The summed E-state index contributed by atoms with van der Waals surface area (Å²) in [6.07, 6.45) is 4.10. The van der Waals surface area contributed by atoms with Crippen molar-refractivity contribution in [1.82, 2.24) is 5.32 Å². The van der Waals surface area contributed by atoms with E-state index in [-0.39, 0.29) is 0 Å². The quantitative estimate of drug-likeness (QED) is 0.806. The first kappa shape index (κ1) is 14.3. The first-order chi connectivity index (χ1) is 8.09. The fraction of sp³-hybridized carbons (Fsp3) is 1.00. The van der Waals surface area contributed by atoms with Gasteiger partial charge >= 0.3 is 0 Å². The lowest BCUT2D eigenvalue weighted by molar-refractivity contribution is -0.00144. The first-order valence-electron chi connectivity index (χ1n) is 7.55. The number of hydrogen-bond acceptors (Lipinski definition) is 2. The molecule has 2 bridgehead atoms. The first-order valence-corrected chi connectivity index (χ1v) is 7.55. The average Bonchev–Trinajstić information content (AvgIpc) is 2.68. The van der Waals surface area contributed by atoms with E-state index >= 15 is 0 Å². The summed E-state index contributed by atoms with van der Waals surface area (Å²) in [5.41, 5.74) is 0.218. The largest absolute Gasteiger partial charge is 0.389 e. The standard InChI is InChI=1S/C16H31NO/c1-11(2)16(6,18)10-17-13-14(3,4)12-7-8-15(13,5)9-12/h11-13,17-18H,7-10H2,1-6H3. The van der Waals surface area contributed by atoms with Crippen LogP contribution in [0.15, 0.2) is 0 Å². The van der Waals surface area contributed by atoms with E-state index in [4.69, 9.17) is 0 Å². The van der Waals surface area contributed by atoms with Gasteiger partial charge in [-0.2, -0.15) is 0 Å². The summed E-state index contributed by atoms with van der Waals surface area (Å²) in [5.74, 6) is 1.16. The van der Waals surface area contributed by atoms with Crippen LogP contribution in [0.5, 0.6) is 0 Å². The normalized spacial score (nSPS) is 41.3. The Kier molecular flexibility index (Phi) is 3.35. The number of aliphatic hydroxyl groups is 1. The summed E-state index contributed by atoms with van der Waals surface area (Å²) in [5, 5.41) is 14.1. The zero-order chi connectivity index (χ0) is 13.8. The van der Waals surface area contributed by atoms with Gasteiger partial charge in [0.15, 0.2) is 0 Å². The maximum Gasteiger partial charge on any atom is 0.0766 e. The van der Waals surface area contributed by atoms with Gasteiger partial charge in [0.05, 0.1) is 5.60 Å². The molecule has 0 amide bonds. The molecule has 0 aromatic carbocycles. The summed E-state index contributed by atoms with van der Waals surface area (Å²) < 4.78 is 0. The second-order valence-corrected chi connectivity index (χ2v) is 8.24. The zero-order valence-corrected chi connectivity index (χ0v) is 13.0. The number of hydrogen-bond donors (Lipinski definition) is 2. The molecule has 2 nitrogen and oxygen atoms in total. The molecule has 18 heavy (non-hydrogen) atoms. The third-order valence-electron chi connectivity index (χ3n) is 6.18. The average molecular weight is 253 g/mol. The van der Waals surface area contributed by atoms with Gasteiger partial charge in [0.2, 0.25) is 0 Å². The van der Waals surface area contributed by atoms with E-state index in [0.717, 1.165) is 5.92 Å². The molecule has 0 heterocycles. The van der Waals surface area contributed by atoms with Crippen molar-refractivity contribution in [2.24, 2.45) is 22.7 Å². The monoisotopic (exact) mass is 253 g/mol. The Morgan fingerprint density at radius 2 is 1.94 bits per heavy atom. The van der Waals surface area contributed by atoms with E-state index < -0.39 is 5.60 Å². The van der Waals surface area contributed by atoms with Crippen LogP contribution in [0.3, 0.4) is 0 Å². The summed E-state index contributed by atoms with van der Waals surface area (Å²) in [4.78, 5) is 0. The molecule has 0 spiro atoms. The van der Waals surface area contributed by atoms with Crippen molar-refractivity contribution in [3.8, 4) is 0 Å². The molecule has 2 N–H and O–H groups in total. The van der Waals surface area contributed by atoms with E-state index in [0.29, 0.717) is 29.3 Å². The highest BCUT2D eigenvalue weighted by molar-refractivity contribution is 5.12. The highest BCUT2D eigenvalue weighted by Crippen LogP contribution is 2.62. The second kappa shape index (κ2) is 4.21. The SMILES string of the molecule is CC(C)C(C)(O)CNC1C2(C)CCC(C2)C1(C)C. The van der Waals surface area contributed by atoms with E-state index in [2.05, 4.69) is 39.9 Å². The third-order valence-corrected chi connectivity index (χ3v) is 6.18. The van der Waals surface area contributed by atoms with Crippen molar-refractivity contribution in [2.75, 3.05) is 6.54 Å². The van der Waals surface area contributed by atoms with Gasteiger partial charge < -0.3 is 10.4 Å². The van der Waals surface area contributed by atoms with Crippen LogP contribution in [0.1, 0.15) is 60.8 Å². The third kappa shape index (κ3) is 2.12. The number of nitrogens with one attached hydrogen (secondary N) is 1. The molecular formula is C16H31NO. The van der Waals surface area contributed by atoms with Gasteiger partial charge in [0.1, 0.15) is 0 Å². The molecule has 4 atom stereocenters. The van der Waals surface area contributed by atoms with Gasteiger partial charge in [-0.15, -0.1) is 0 Å². The van der Waals surface area contributed by atoms with Crippen molar-refractivity contribution in [1.29, 1.82) is 0 Å². The van der Waals surface area contributed by atoms with Crippen molar-refractivity contribution in [2.45, 2.75) is 72.4 Å². The van der Waals surface area contributed by atoms with Gasteiger partial charge in [-0.05, 0) is 48.9 Å². The molecular weight excluding hydrogens is 222 g/mol. The molecule has 2 saturated carbocycles. The lowest BCUT2D eigenvalue weighted by Crippen LogP contribution is -2.55. The summed E-state index contributed by atoms with van der Waals surface area (Å²) in [6, 6.07) is 0.550. The molecule has 2 aliphatic rings. The minimum Gasteiger partial charge on any atom is -0.389 e. The van der Waals surface area contributed by atoms with Gasteiger partial charge in [-0.1, -0.05) is 34.6 Å². The Balaban J connectivity index is 2.06. The molecule has 0 aliphatic heterocycles. The molecule has 0 radical (unpaired) electrons. The molecule has 2 fully saturated rings. The van der Waals surface area contributed by atoms with E-state index in [1.807, 2.05) is 6.92 Å². The highest BCUT2D eigenvalue weighted by Gasteiger charge is 2.59. The van der Waals surface area contributed by atoms with Crippen molar-refractivity contribution in [3.05, 3.63) is 0 Å². The van der Waals surface area contributed by atoms with Crippen LogP contribution < -0.4 is 5.32 Å². The van der Waals surface area contributed by atoms with Crippen LogP contribution >= 0.6 is 0 Å². The fourth-order valence-corrected chi connectivity index (χ4v) is 4.32. The van der Waals surface area contributed by atoms with Crippen LogP contribution in [0.25, 0.3) is 0 Å². The Morgan fingerprint density at radius 3 is 2.39 bits per heavy atom. The van der Waals surface area contributed by atoms with E-state index in [9.17, 15) is 5.11 Å². The fourth-order valence-electron chi connectivity index (χ4n) is 4.32. The molecule has 0 saturated heterocycles. The van der Waals surface area contributed by atoms with Crippen molar-refractivity contribution < 1.29 is 5.11 Å².